The molecular weight excluding hydrogens is 224 g/mol. The molecule has 2 N–H and O–H groups in total. The Morgan fingerprint density at radius 1 is 1.28 bits per heavy atom. The fourth-order valence-corrected chi connectivity index (χ4v) is 2.55. The van der Waals surface area contributed by atoms with Crippen LogP contribution in [0.4, 0.5) is 0 Å². The quantitative estimate of drug-likeness (QED) is 0.848. The molecule has 0 aromatic heterocycles. The van der Waals surface area contributed by atoms with Crippen LogP contribution in [0.3, 0.4) is 0 Å². The van der Waals surface area contributed by atoms with E-state index in [1.807, 2.05) is 20.8 Å². The molecule has 3 nitrogen and oxygen atoms in total. The summed E-state index contributed by atoms with van der Waals surface area (Å²) in [5.41, 5.74) is 2.23. The standard InChI is InChI=1S/C15H22N2O/c1-4-16-15(2,3)14(18)17-13-9-11-7-5-6-8-12(11)10-13/h5-8,13,16H,4,9-10H2,1-3H3,(H,17,18). The highest BCUT2D eigenvalue weighted by Gasteiger charge is 2.30. The van der Waals surface area contributed by atoms with Crippen LogP contribution in [0.25, 0.3) is 0 Å². The summed E-state index contributed by atoms with van der Waals surface area (Å²) < 4.78 is 0. The summed E-state index contributed by atoms with van der Waals surface area (Å²) in [5.74, 6) is 0.0853. The van der Waals surface area contributed by atoms with Crippen LogP contribution < -0.4 is 10.6 Å². The molecule has 1 aromatic rings. The Kier molecular flexibility index (Phi) is 3.71. The van der Waals surface area contributed by atoms with E-state index in [9.17, 15) is 4.79 Å². The first kappa shape index (κ1) is 13.1. The monoisotopic (exact) mass is 246 g/mol. The van der Waals surface area contributed by atoms with Gasteiger partial charge in [0.05, 0.1) is 5.54 Å². The number of likely N-dealkylation sites (N-methyl/N-ethyl adjacent to an activating group) is 1. The molecule has 1 aliphatic rings. The zero-order valence-electron chi connectivity index (χ0n) is 11.4. The summed E-state index contributed by atoms with van der Waals surface area (Å²) in [6, 6.07) is 8.67. The Bertz CT molecular complexity index is 415. The summed E-state index contributed by atoms with van der Waals surface area (Å²) in [4.78, 5) is 12.2. The topological polar surface area (TPSA) is 41.1 Å². The van der Waals surface area contributed by atoms with Crippen LogP contribution in [0.15, 0.2) is 24.3 Å². The molecule has 0 heterocycles. The molecule has 0 bridgehead atoms. The van der Waals surface area contributed by atoms with Crippen LogP contribution in [0.1, 0.15) is 31.9 Å². The fraction of sp³-hybridized carbons (Fsp3) is 0.533. The summed E-state index contributed by atoms with van der Waals surface area (Å²) in [5, 5.41) is 6.35. The molecule has 0 spiro atoms. The Balaban J connectivity index is 1.95. The summed E-state index contributed by atoms with van der Waals surface area (Å²) in [6.07, 6.45) is 1.90. The van der Waals surface area contributed by atoms with Gasteiger partial charge in [0.2, 0.25) is 5.91 Å². The molecule has 98 valence electrons. The molecule has 1 aliphatic carbocycles. The van der Waals surface area contributed by atoms with Crippen molar-refractivity contribution in [3.8, 4) is 0 Å². The van der Waals surface area contributed by atoms with Gasteiger partial charge in [0.25, 0.3) is 0 Å². The molecule has 0 saturated heterocycles. The molecule has 0 fully saturated rings. The number of hydrogen-bond donors (Lipinski definition) is 2. The van der Waals surface area contributed by atoms with Crippen molar-refractivity contribution in [2.45, 2.75) is 45.2 Å². The number of carbonyl (C=O) groups excluding carboxylic acids is 1. The molecule has 0 radical (unpaired) electrons. The zero-order chi connectivity index (χ0) is 13.2. The second kappa shape index (κ2) is 5.11. The van der Waals surface area contributed by atoms with Crippen LogP contribution >= 0.6 is 0 Å². The smallest absolute Gasteiger partial charge is 0.239 e. The van der Waals surface area contributed by atoms with Crippen LogP contribution in [0.5, 0.6) is 0 Å². The number of hydrogen-bond acceptors (Lipinski definition) is 2. The van der Waals surface area contributed by atoms with Gasteiger partial charge in [-0.3, -0.25) is 4.79 Å². The minimum atomic E-state index is -0.497. The van der Waals surface area contributed by atoms with Gasteiger partial charge in [-0.1, -0.05) is 31.2 Å². The van der Waals surface area contributed by atoms with E-state index in [0.29, 0.717) is 0 Å². The van der Waals surface area contributed by atoms with E-state index < -0.39 is 5.54 Å². The van der Waals surface area contributed by atoms with Gasteiger partial charge in [-0.25, -0.2) is 0 Å². The Morgan fingerprint density at radius 3 is 2.33 bits per heavy atom. The molecule has 2 rings (SSSR count). The summed E-state index contributed by atoms with van der Waals surface area (Å²) in [6.45, 7) is 6.66. The highest BCUT2D eigenvalue weighted by molar-refractivity contribution is 5.85. The number of amides is 1. The van der Waals surface area contributed by atoms with E-state index in [2.05, 4.69) is 34.9 Å². The Morgan fingerprint density at radius 2 is 1.83 bits per heavy atom. The van der Waals surface area contributed by atoms with Gasteiger partial charge in [0.15, 0.2) is 0 Å². The van der Waals surface area contributed by atoms with E-state index in [-0.39, 0.29) is 11.9 Å². The number of rotatable bonds is 4. The predicted molar refractivity (Wildman–Crippen MR) is 73.5 cm³/mol. The van der Waals surface area contributed by atoms with E-state index in [4.69, 9.17) is 0 Å². The van der Waals surface area contributed by atoms with Crippen molar-refractivity contribution in [3.63, 3.8) is 0 Å². The molecule has 0 atom stereocenters. The van der Waals surface area contributed by atoms with Gasteiger partial charge in [-0.05, 0) is 44.4 Å². The van der Waals surface area contributed by atoms with Gasteiger partial charge in [0, 0.05) is 6.04 Å². The van der Waals surface area contributed by atoms with Crippen molar-refractivity contribution < 1.29 is 4.79 Å². The number of fused-ring (bicyclic) bond motifs is 1. The molecule has 1 aromatic carbocycles. The minimum absolute atomic E-state index is 0.0853. The van der Waals surface area contributed by atoms with E-state index in [0.717, 1.165) is 19.4 Å². The minimum Gasteiger partial charge on any atom is -0.351 e. The molecule has 0 unspecified atom stereocenters. The van der Waals surface area contributed by atoms with E-state index >= 15 is 0 Å². The lowest BCUT2D eigenvalue weighted by Gasteiger charge is -2.26. The molecule has 0 aliphatic heterocycles. The van der Waals surface area contributed by atoms with Gasteiger partial charge in [-0.15, -0.1) is 0 Å². The summed E-state index contributed by atoms with van der Waals surface area (Å²) in [7, 11) is 0. The van der Waals surface area contributed by atoms with Crippen molar-refractivity contribution in [2.24, 2.45) is 0 Å². The summed E-state index contributed by atoms with van der Waals surface area (Å²) >= 11 is 0. The second-order valence-corrected chi connectivity index (χ2v) is 5.50. The first-order valence-electron chi connectivity index (χ1n) is 6.65. The van der Waals surface area contributed by atoms with Gasteiger partial charge >= 0.3 is 0 Å². The molecule has 3 heteroatoms. The average Bonchev–Trinajstić information content (AvgIpc) is 2.70. The predicted octanol–water partition coefficient (Wildman–Crippen LogP) is 1.66. The Hall–Kier alpha value is -1.35. The van der Waals surface area contributed by atoms with Crippen molar-refractivity contribution in [1.29, 1.82) is 0 Å². The van der Waals surface area contributed by atoms with Crippen LogP contribution in [0, 0.1) is 0 Å². The van der Waals surface area contributed by atoms with Gasteiger partial charge in [0.1, 0.15) is 0 Å². The average molecular weight is 246 g/mol. The van der Waals surface area contributed by atoms with Crippen molar-refractivity contribution >= 4 is 5.91 Å². The maximum atomic E-state index is 12.2. The van der Waals surface area contributed by atoms with Crippen LogP contribution in [-0.2, 0) is 17.6 Å². The lowest BCUT2D eigenvalue weighted by molar-refractivity contribution is -0.127. The van der Waals surface area contributed by atoms with Gasteiger partial charge < -0.3 is 10.6 Å². The third kappa shape index (κ3) is 2.72. The highest BCUT2D eigenvalue weighted by atomic mass is 16.2. The maximum Gasteiger partial charge on any atom is 0.239 e. The zero-order valence-corrected chi connectivity index (χ0v) is 11.4. The normalized spacial score (nSPS) is 15.5. The molecule has 0 saturated carbocycles. The maximum absolute atomic E-state index is 12.2. The van der Waals surface area contributed by atoms with Crippen molar-refractivity contribution in [1.82, 2.24) is 10.6 Å². The number of carbonyl (C=O) groups is 1. The molecule has 18 heavy (non-hydrogen) atoms. The number of nitrogens with one attached hydrogen (secondary N) is 2. The first-order valence-corrected chi connectivity index (χ1v) is 6.65. The Labute approximate surface area is 109 Å². The third-order valence-electron chi connectivity index (χ3n) is 3.57. The van der Waals surface area contributed by atoms with E-state index in [1.165, 1.54) is 11.1 Å². The van der Waals surface area contributed by atoms with E-state index in [1.54, 1.807) is 0 Å². The van der Waals surface area contributed by atoms with Crippen molar-refractivity contribution in [3.05, 3.63) is 35.4 Å². The molecule has 1 amide bonds. The first-order chi connectivity index (χ1) is 8.53. The second-order valence-electron chi connectivity index (χ2n) is 5.50. The lowest BCUT2D eigenvalue weighted by atomic mass is 10.0. The highest BCUT2D eigenvalue weighted by Crippen LogP contribution is 2.22. The third-order valence-corrected chi connectivity index (χ3v) is 3.57. The SMILES string of the molecule is CCNC(C)(C)C(=O)NC1Cc2ccccc2C1. The van der Waals surface area contributed by atoms with Crippen LogP contribution in [0.2, 0.25) is 0 Å². The van der Waals surface area contributed by atoms with Crippen LogP contribution in [-0.4, -0.2) is 24.0 Å². The lowest BCUT2D eigenvalue weighted by Crippen LogP contribution is -2.55. The largest absolute Gasteiger partial charge is 0.351 e. The molecular formula is C15H22N2O. The fourth-order valence-electron chi connectivity index (χ4n) is 2.55. The van der Waals surface area contributed by atoms with Crippen molar-refractivity contribution in [2.75, 3.05) is 6.54 Å². The van der Waals surface area contributed by atoms with Gasteiger partial charge in [-0.2, -0.15) is 0 Å². The number of benzene rings is 1.